The molecule has 1 saturated heterocycles. The molecule has 4 aromatic rings. The van der Waals surface area contributed by atoms with Crippen LogP contribution in [0.2, 0.25) is 0 Å². The van der Waals surface area contributed by atoms with Crippen molar-refractivity contribution in [1.29, 1.82) is 0 Å². The summed E-state index contributed by atoms with van der Waals surface area (Å²) in [6, 6.07) is 25.1. The number of aryl methyl sites for hydroxylation is 2. The number of aliphatic hydroxyl groups is 1. The number of aromatic nitrogens is 1. The van der Waals surface area contributed by atoms with Crippen molar-refractivity contribution < 1.29 is 14.2 Å². The molecular formula is C31H32FN3O2. The lowest BCUT2D eigenvalue weighted by molar-refractivity contribution is 0.209. The molecule has 37 heavy (non-hydrogen) atoms. The maximum absolute atomic E-state index is 15.9. The highest BCUT2D eigenvalue weighted by Gasteiger charge is 2.32. The highest BCUT2D eigenvalue weighted by molar-refractivity contribution is 5.85. The monoisotopic (exact) mass is 497 g/mol. The molecule has 1 fully saturated rings. The second-order valence-electron chi connectivity index (χ2n) is 9.85. The fourth-order valence-corrected chi connectivity index (χ4v) is 5.84. The quantitative estimate of drug-likeness (QED) is 0.374. The minimum Gasteiger partial charge on any atom is -0.476 e. The van der Waals surface area contributed by atoms with Crippen LogP contribution in [0.5, 0.6) is 5.88 Å². The Kier molecular flexibility index (Phi) is 6.77. The lowest BCUT2D eigenvalue weighted by Gasteiger charge is -2.41. The van der Waals surface area contributed by atoms with E-state index in [0.29, 0.717) is 48.6 Å². The predicted molar refractivity (Wildman–Crippen MR) is 145 cm³/mol. The molecule has 6 heteroatoms. The van der Waals surface area contributed by atoms with E-state index >= 15 is 4.39 Å². The smallest absolute Gasteiger partial charge is 0.241 e. The maximum atomic E-state index is 15.9. The summed E-state index contributed by atoms with van der Waals surface area (Å²) in [5.74, 6) is 0.0199. The predicted octanol–water partition coefficient (Wildman–Crippen LogP) is 5.15. The van der Waals surface area contributed by atoms with Crippen LogP contribution in [0.15, 0.2) is 72.8 Å². The highest BCUT2D eigenvalue weighted by atomic mass is 19.1. The Morgan fingerprint density at radius 2 is 1.46 bits per heavy atom. The van der Waals surface area contributed by atoms with Crippen LogP contribution < -0.4 is 9.64 Å². The molecule has 1 aromatic heterocycles. The number of fused-ring (bicyclic) bond motifs is 3. The number of ether oxygens (including phenoxy) is 1. The van der Waals surface area contributed by atoms with Gasteiger partial charge in [0.25, 0.3) is 0 Å². The molecule has 0 saturated carbocycles. The molecule has 2 aliphatic rings. The Morgan fingerprint density at radius 1 is 0.838 bits per heavy atom. The van der Waals surface area contributed by atoms with Gasteiger partial charge in [0, 0.05) is 44.6 Å². The average molecular weight is 498 g/mol. The first-order valence-corrected chi connectivity index (χ1v) is 13.2. The zero-order valence-electron chi connectivity index (χ0n) is 20.9. The number of pyridine rings is 1. The Morgan fingerprint density at radius 3 is 2.14 bits per heavy atom. The SMILES string of the molecule is OCCCOc1nc2ccccc2c(F)c1N1CCN(C2c3ccccc3CCc3ccccc32)CC1. The summed E-state index contributed by atoms with van der Waals surface area (Å²) in [7, 11) is 0. The standard InChI is InChI=1S/C31H32FN3O2/c32-28-26-12-5-6-13-27(26)33-31(37-21-7-20-36)30(28)35-18-16-34(17-19-35)29-24-10-3-1-8-22(24)14-15-23-9-2-4-11-25(23)29/h1-6,8-13,29,36H,7,14-21H2. The van der Waals surface area contributed by atoms with E-state index in [4.69, 9.17) is 4.74 Å². The Bertz CT molecular complexity index is 1350. The van der Waals surface area contributed by atoms with Gasteiger partial charge in [-0.1, -0.05) is 60.7 Å². The number of halogens is 1. The number of aliphatic hydroxyl groups excluding tert-OH is 1. The first-order valence-electron chi connectivity index (χ1n) is 13.2. The van der Waals surface area contributed by atoms with E-state index in [0.717, 1.165) is 25.9 Å². The van der Waals surface area contributed by atoms with Crippen molar-refractivity contribution in [3.05, 3.63) is 101 Å². The van der Waals surface area contributed by atoms with Crippen LogP contribution in [-0.4, -0.2) is 54.4 Å². The van der Waals surface area contributed by atoms with Crippen LogP contribution in [-0.2, 0) is 12.8 Å². The summed E-state index contributed by atoms with van der Waals surface area (Å²) in [6.45, 7) is 3.27. The Labute approximate surface area is 217 Å². The normalized spacial score (nSPS) is 16.3. The second-order valence-corrected chi connectivity index (χ2v) is 9.85. The number of anilines is 1. The van der Waals surface area contributed by atoms with E-state index in [1.807, 2.05) is 12.1 Å². The summed E-state index contributed by atoms with van der Waals surface area (Å²) >= 11 is 0. The van der Waals surface area contributed by atoms with E-state index in [2.05, 4.69) is 63.3 Å². The fraction of sp³-hybridized carbons (Fsp3) is 0.323. The number of hydrogen-bond acceptors (Lipinski definition) is 5. The van der Waals surface area contributed by atoms with Gasteiger partial charge in [0.2, 0.25) is 5.88 Å². The average Bonchev–Trinajstić information content (AvgIpc) is 3.11. The number of nitrogens with zero attached hydrogens (tertiary/aromatic N) is 3. The zero-order valence-corrected chi connectivity index (χ0v) is 20.9. The molecule has 2 heterocycles. The maximum Gasteiger partial charge on any atom is 0.241 e. The number of piperazine rings is 1. The largest absolute Gasteiger partial charge is 0.476 e. The van der Waals surface area contributed by atoms with E-state index in [1.54, 1.807) is 12.1 Å². The number of rotatable bonds is 6. The van der Waals surface area contributed by atoms with Crippen LogP contribution in [0.25, 0.3) is 10.9 Å². The van der Waals surface area contributed by atoms with E-state index < -0.39 is 0 Å². The molecule has 0 unspecified atom stereocenters. The number of para-hydroxylation sites is 1. The summed E-state index contributed by atoms with van der Waals surface area (Å²) in [5.41, 5.74) is 6.59. The molecule has 6 rings (SSSR count). The van der Waals surface area contributed by atoms with Gasteiger partial charge < -0.3 is 14.7 Å². The topological polar surface area (TPSA) is 48.8 Å². The summed E-state index contributed by atoms with van der Waals surface area (Å²) in [6.07, 6.45) is 2.57. The first kappa shape index (κ1) is 23.9. The fourth-order valence-electron chi connectivity index (χ4n) is 5.84. The Hall–Kier alpha value is -3.48. The molecule has 0 spiro atoms. The summed E-state index contributed by atoms with van der Waals surface area (Å²) < 4.78 is 21.8. The van der Waals surface area contributed by atoms with Gasteiger partial charge in [0.15, 0.2) is 5.82 Å². The molecule has 1 N–H and O–H groups in total. The van der Waals surface area contributed by atoms with Gasteiger partial charge >= 0.3 is 0 Å². The van der Waals surface area contributed by atoms with E-state index in [-0.39, 0.29) is 18.5 Å². The first-order chi connectivity index (χ1) is 18.2. The molecule has 3 aromatic carbocycles. The van der Waals surface area contributed by atoms with Crippen molar-refractivity contribution >= 4 is 16.6 Å². The van der Waals surface area contributed by atoms with Crippen molar-refractivity contribution in [2.45, 2.75) is 25.3 Å². The molecule has 0 amide bonds. The van der Waals surface area contributed by atoms with Gasteiger partial charge in [-0.3, -0.25) is 4.90 Å². The number of benzene rings is 3. The van der Waals surface area contributed by atoms with Crippen LogP contribution in [0.3, 0.4) is 0 Å². The minimum atomic E-state index is -0.289. The molecule has 0 radical (unpaired) electrons. The Balaban J connectivity index is 1.31. The van der Waals surface area contributed by atoms with Crippen LogP contribution >= 0.6 is 0 Å². The van der Waals surface area contributed by atoms with Crippen molar-refractivity contribution in [3.8, 4) is 5.88 Å². The van der Waals surface area contributed by atoms with Gasteiger partial charge in [-0.15, -0.1) is 0 Å². The second kappa shape index (κ2) is 10.5. The van der Waals surface area contributed by atoms with Crippen LogP contribution in [0, 0.1) is 5.82 Å². The highest BCUT2D eigenvalue weighted by Crippen LogP contribution is 2.39. The molecule has 1 aliphatic carbocycles. The van der Waals surface area contributed by atoms with Crippen molar-refractivity contribution in [1.82, 2.24) is 9.88 Å². The third kappa shape index (κ3) is 4.56. The van der Waals surface area contributed by atoms with Gasteiger partial charge in [0.05, 0.1) is 18.2 Å². The van der Waals surface area contributed by atoms with Crippen molar-refractivity contribution in [2.24, 2.45) is 0 Å². The molecule has 0 bridgehead atoms. The van der Waals surface area contributed by atoms with Crippen LogP contribution in [0.4, 0.5) is 10.1 Å². The van der Waals surface area contributed by atoms with Gasteiger partial charge in [0.1, 0.15) is 5.69 Å². The van der Waals surface area contributed by atoms with Gasteiger partial charge in [-0.2, -0.15) is 0 Å². The molecule has 190 valence electrons. The molecule has 1 aliphatic heterocycles. The van der Waals surface area contributed by atoms with Gasteiger partial charge in [-0.05, 0) is 47.2 Å². The van der Waals surface area contributed by atoms with Crippen molar-refractivity contribution in [3.63, 3.8) is 0 Å². The van der Waals surface area contributed by atoms with Gasteiger partial charge in [-0.25, -0.2) is 9.37 Å². The summed E-state index contributed by atoms with van der Waals surface area (Å²) in [5, 5.41) is 9.71. The zero-order chi connectivity index (χ0) is 25.2. The minimum absolute atomic E-state index is 0.0222. The third-order valence-corrected chi connectivity index (χ3v) is 7.67. The lowest BCUT2D eigenvalue weighted by atomic mass is 9.92. The van der Waals surface area contributed by atoms with E-state index in [1.165, 1.54) is 22.3 Å². The van der Waals surface area contributed by atoms with E-state index in [9.17, 15) is 5.11 Å². The van der Waals surface area contributed by atoms with Crippen LogP contribution in [0.1, 0.15) is 34.7 Å². The molecule has 0 atom stereocenters. The number of hydrogen-bond donors (Lipinski definition) is 1. The molecule has 5 nitrogen and oxygen atoms in total. The van der Waals surface area contributed by atoms with Crippen molar-refractivity contribution in [2.75, 3.05) is 44.3 Å². The molecular weight excluding hydrogens is 465 g/mol. The summed E-state index contributed by atoms with van der Waals surface area (Å²) in [4.78, 5) is 9.28. The third-order valence-electron chi connectivity index (χ3n) is 7.67. The lowest BCUT2D eigenvalue weighted by Crippen LogP contribution is -2.48.